The van der Waals surface area contributed by atoms with Crippen molar-refractivity contribution in [2.24, 2.45) is 17.8 Å². The summed E-state index contributed by atoms with van der Waals surface area (Å²) >= 11 is 5.97. The monoisotopic (exact) mass is 871 g/mol. The maximum Gasteiger partial charge on any atom is 0.153 e. The third-order valence-corrected chi connectivity index (χ3v) is 16.5. The summed E-state index contributed by atoms with van der Waals surface area (Å²) in [7, 11) is -3.08. The van der Waals surface area contributed by atoms with Gasteiger partial charge in [0.05, 0.1) is 11.0 Å². The zero-order valence-electron chi connectivity index (χ0n) is 41.4. The highest BCUT2D eigenvalue weighted by molar-refractivity contribution is 7.92. The molecule has 0 aliphatic carbocycles. The van der Waals surface area contributed by atoms with E-state index in [0.29, 0.717) is 18.2 Å². The molecule has 2 atom stereocenters. The van der Waals surface area contributed by atoms with Gasteiger partial charge in [0.1, 0.15) is 0 Å². The maximum absolute atomic E-state index is 13.4. The van der Waals surface area contributed by atoms with Crippen LogP contribution in [0.15, 0.2) is 0 Å². The quantitative estimate of drug-likeness (QED) is 0.0451. The van der Waals surface area contributed by atoms with E-state index in [1.807, 2.05) is 0 Å². The molecule has 0 aliphatic heterocycles. The Morgan fingerprint density at radius 3 is 1.00 bits per heavy atom. The smallest absolute Gasteiger partial charge is 0.153 e. The van der Waals surface area contributed by atoms with Crippen LogP contribution in [0.5, 0.6) is 0 Å². The van der Waals surface area contributed by atoms with Crippen LogP contribution in [-0.4, -0.2) is 25.3 Å². The molecule has 59 heavy (non-hydrogen) atoms. The third kappa shape index (κ3) is 43.3. The highest BCUT2D eigenvalue weighted by atomic mass is 35.5. The van der Waals surface area contributed by atoms with E-state index in [-0.39, 0.29) is 11.0 Å². The molecule has 4 heteroatoms. The predicted octanol–water partition coefficient (Wildman–Crippen LogP) is 20.1. The fraction of sp³-hybridized carbons (Fsp3) is 1.00. The van der Waals surface area contributed by atoms with Crippen LogP contribution in [0.25, 0.3) is 0 Å². The fourth-order valence-corrected chi connectivity index (χ4v) is 11.8. The summed E-state index contributed by atoms with van der Waals surface area (Å²) < 4.78 is 26.9. The summed E-state index contributed by atoms with van der Waals surface area (Å²) in [6.45, 7) is 11.6. The van der Waals surface area contributed by atoms with E-state index in [1.54, 1.807) is 0 Å². The molecule has 0 aromatic heterocycles. The molecular formula is C55H111ClO2S. The van der Waals surface area contributed by atoms with Crippen LogP contribution in [0.2, 0.25) is 0 Å². The van der Waals surface area contributed by atoms with Crippen LogP contribution < -0.4 is 0 Å². The Bertz CT molecular complexity index is 867. The second kappa shape index (κ2) is 46.2. The molecule has 0 amide bonds. The number of hydrogen-bond acceptors (Lipinski definition) is 2. The second-order valence-corrected chi connectivity index (χ2v) is 23.2. The lowest BCUT2D eigenvalue weighted by atomic mass is 9.89. The highest BCUT2D eigenvalue weighted by Gasteiger charge is 2.25. The van der Waals surface area contributed by atoms with E-state index >= 15 is 0 Å². The van der Waals surface area contributed by atoms with Crippen molar-refractivity contribution in [2.75, 3.05) is 11.6 Å². The van der Waals surface area contributed by atoms with Crippen molar-refractivity contribution in [3.63, 3.8) is 0 Å². The molecule has 0 rings (SSSR count). The van der Waals surface area contributed by atoms with E-state index < -0.39 is 9.84 Å². The molecule has 0 aromatic rings. The van der Waals surface area contributed by atoms with Gasteiger partial charge in [-0.3, -0.25) is 0 Å². The Hall–Kier alpha value is 0.240. The van der Waals surface area contributed by atoms with Crippen molar-refractivity contribution in [3.8, 4) is 0 Å². The molecule has 0 N–H and O–H groups in total. The number of hydrogen-bond donors (Lipinski definition) is 0. The molecule has 2 unspecified atom stereocenters. The Labute approximate surface area is 379 Å². The molecule has 0 saturated carbocycles. The highest BCUT2D eigenvalue weighted by Crippen LogP contribution is 2.28. The topological polar surface area (TPSA) is 34.1 Å². The molecule has 356 valence electrons. The summed E-state index contributed by atoms with van der Waals surface area (Å²) in [6, 6.07) is 0. The zero-order valence-corrected chi connectivity index (χ0v) is 43.0. The van der Waals surface area contributed by atoms with Crippen LogP contribution in [0, 0.1) is 17.8 Å². The summed E-state index contributed by atoms with van der Waals surface area (Å²) in [5, 5.41) is -0.169. The van der Waals surface area contributed by atoms with Crippen LogP contribution in [0.4, 0.5) is 0 Å². The van der Waals surface area contributed by atoms with Gasteiger partial charge < -0.3 is 0 Å². The fourth-order valence-electron chi connectivity index (χ4n) is 9.62. The van der Waals surface area contributed by atoms with Gasteiger partial charge in [-0.25, -0.2) is 8.42 Å². The van der Waals surface area contributed by atoms with Gasteiger partial charge in [-0.1, -0.05) is 291 Å². The minimum Gasteiger partial charge on any atom is -0.229 e. The summed E-state index contributed by atoms with van der Waals surface area (Å²) in [5.41, 5.74) is 0. The van der Waals surface area contributed by atoms with Crippen molar-refractivity contribution in [3.05, 3.63) is 0 Å². The molecule has 0 aromatic carbocycles. The van der Waals surface area contributed by atoms with Crippen LogP contribution in [0.1, 0.15) is 317 Å². The zero-order chi connectivity index (χ0) is 43.3. The lowest BCUT2D eigenvalue weighted by Crippen LogP contribution is -2.25. The Morgan fingerprint density at radius 1 is 0.339 bits per heavy atom. The number of unbranched alkanes of at least 4 members (excludes halogenated alkanes) is 31. The Kier molecular flexibility index (Phi) is 46.4. The maximum atomic E-state index is 13.4. The largest absolute Gasteiger partial charge is 0.229 e. The first-order valence-corrected chi connectivity index (χ1v) is 29.8. The minimum atomic E-state index is -3.08. The number of halogens is 1. The van der Waals surface area contributed by atoms with E-state index in [9.17, 15) is 8.42 Å². The first-order chi connectivity index (χ1) is 28.8. The molecule has 0 spiro atoms. The Balaban J connectivity index is 4.59. The molecule has 0 aliphatic rings. The van der Waals surface area contributed by atoms with Crippen LogP contribution in [0.3, 0.4) is 0 Å². The average molecular weight is 872 g/mol. The van der Waals surface area contributed by atoms with Gasteiger partial charge in [-0.15, -0.1) is 11.6 Å². The van der Waals surface area contributed by atoms with Crippen molar-refractivity contribution in [2.45, 2.75) is 322 Å². The normalized spacial score (nSPS) is 13.3. The van der Waals surface area contributed by atoms with E-state index in [4.69, 9.17) is 11.6 Å². The van der Waals surface area contributed by atoms with Crippen molar-refractivity contribution in [1.29, 1.82) is 0 Å². The van der Waals surface area contributed by atoms with E-state index in [2.05, 4.69) is 34.6 Å². The molecule has 0 saturated heterocycles. The van der Waals surface area contributed by atoms with E-state index in [1.165, 1.54) is 250 Å². The molecular weight excluding hydrogens is 760 g/mol. The molecule has 0 heterocycles. The van der Waals surface area contributed by atoms with Crippen LogP contribution in [-0.2, 0) is 9.84 Å². The minimum absolute atomic E-state index is 0.169. The first kappa shape index (κ1) is 59.2. The summed E-state index contributed by atoms with van der Waals surface area (Å²) in [6.07, 6.45) is 59.3. The van der Waals surface area contributed by atoms with Gasteiger partial charge in [0, 0.05) is 5.88 Å². The molecule has 0 bridgehead atoms. The van der Waals surface area contributed by atoms with Gasteiger partial charge in [0.15, 0.2) is 9.84 Å². The van der Waals surface area contributed by atoms with Gasteiger partial charge in [-0.05, 0) is 43.4 Å². The number of sulfone groups is 1. The van der Waals surface area contributed by atoms with Gasteiger partial charge in [-0.2, -0.15) is 0 Å². The van der Waals surface area contributed by atoms with Gasteiger partial charge in [0.2, 0.25) is 0 Å². The number of alkyl halides is 1. The third-order valence-electron chi connectivity index (χ3n) is 13.9. The van der Waals surface area contributed by atoms with Gasteiger partial charge >= 0.3 is 0 Å². The van der Waals surface area contributed by atoms with Crippen LogP contribution >= 0.6 is 11.6 Å². The molecule has 2 nitrogen and oxygen atoms in total. The van der Waals surface area contributed by atoms with Crippen molar-refractivity contribution < 1.29 is 8.42 Å². The van der Waals surface area contributed by atoms with Crippen molar-refractivity contribution >= 4 is 21.4 Å². The lowest BCUT2D eigenvalue weighted by Gasteiger charge is -2.21. The van der Waals surface area contributed by atoms with Gasteiger partial charge in [0.25, 0.3) is 0 Å². The first-order valence-electron chi connectivity index (χ1n) is 27.5. The Morgan fingerprint density at radius 2 is 0.661 bits per heavy atom. The second-order valence-electron chi connectivity index (χ2n) is 20.4. The average Bonchev–Trinajstić information content (AvgIpc) is 3.21. The SMILES string of the molecule is CCCCCCCCCCCCCCCCCCC(CCCCCCCCCCCCCCCCCC)CCCCC(CCC(C)CCCC(C)C)S(=O)(=O)CCCCl. The summed E-state index contributed by atoms with van der Waals surface area (Å²) in [4.78, 5) is 0. The standard InChI is InChI=1S/C55H111ClO2S/c1-6-8-10-12-14-16-18-20-22-24-26-28-30-32-34-36-44-54(45-37-35-33-31-29-27-25-23-21-19-17-15-13-11-9-7-2)46-38-39-47-55(59(57,58)51-41-50-56)49-48-53(5)43-40-42-52(3)4/h52-55H,6-51H2,1-5H3. The molecule has 0 fully saturated rings. The predicted molar refractivity (Wildman–Crippen MR) is 270 cm³/mol. The number of rotatable bonds is 50. The summed E-state index contributed by atoms with van der Waals surface area (Å²) in [5.74, 6) is 2.91. The lowest BCUT2D eigenvalue weighted by molar-refractivity contribution is 0.363. The molecule has 0 radical (unpaired) electrons. The van der Waals surface area contributed by atoms with E-state index in [0.717, 1.165) is 37.5 Å². The van der Waals surface area contributed by atoms with Crippen molar-refractivity contribution in [1.82, 2.24) is 0 Å².